The van der Waals surface area contributed by atoms with Crippen molar-refractivity contribution < 1.29 is 34.2 Å². The number of nitrogens with one attached hydrogen (secondary N) is 3. The number of imidazole rings is 1. The summed E-state index contributed by atoms with van der Waals surface area (Å²) in [6.07, 6.45) is 22.3. The van der Waals surface area contributed by atoms with Gasteiger partial charge in [0.2, 0.25) is 11.8 Å². The van der Waals surface area contributed by atoms with Crippen LogP contribution in [-0.2, 0) is 30.4 Å². The van der Waals surface area contributed by atoms with E-state index in [2.05, 4.69) is 20.6 Å². The standard InChI is InChI=1S/C31H52N4O7/c36-23-26(21-25-22-32-24-33-25)34-29(38)20-19-27(31(41)42)35-28(37)17-15-13-11-9-7-5-3-1-2-4-6-8-10-12-14-16-18-30(39)40/h22-24,26-27H,1-21H2,(H,32,33)(H,34,38)(H,35,37)(H,39,40)(H,41,42)/t26-,27-/m0/s1. The fraction of sp³-hybridized carbons (Fsp3) is 0.742. The van der Waals surface area contributed by atoms with E-state index in [4.69, 9.17) is 5.11 Å². The molecule has 0 aromatic carbocycles. The molecule has 1 aromatic rings. The Labute approximate surface area is 250 Å². The molecule has 0 aliphatic rings. The van der Waals surface area contributed by atoms with Gasteiger partial charge < -0.3 is 30.6 Å². The van der Waals surface area contributed by atoms with Crippen molar-refractivity contribution >= 4 is 30.0 Å². The fourth-order valence-corrected chi connectivity index (χ4v) is 4.88. The highest BCUT2D eigenvalue weighted by atomic mass is 16.4. The molecular formula is C31H52N4O7. The highest BCUT2D eigenvalue weighted by Gasteiger charge is 2.22. The average molecular weight is 593 g/mol. The van der Waals surface area contributed by atoms with Crippen LogP contribution < -0.4 is 10.6 Å². The summed E-state index contributed by atoms with van der Waals surface area (Å²) in [5, 5.41) is 23.1. The van der Waals surface area contributed by atoms with Crippen LogP contribution in [0.5, 0.6) is 0 Å². The largest absolute Gasteiger partial charge is 0.481 e. The Morgan fingerprint density at radius 3 is 1.62 bits per heavy atom. The van der Waals surface area contributed by atoms with Crippen molar-refractivity contribution in [3.63, 3.8) is 0 Å². The SMILES string of the molecule is O=C[C@H](Cc1cnc[nH]1)NC(=O)CC[C@H](NC(=O)CCCCCCCCCCCCCCCCCCC(=O)O)C(=O)O. The third kappa shape index (κ3) is 20.6. The highest BCUT2D eigenvalue weighted by molar-refractivity contribution is 5.85. The maximum absolute atomic E-state index is 12.2. The van der Waals surface area contributed by atoms with E-state index < -0.39 is 29.9 Å². The van der Waals surface area contributed by atoms with Gasteiger partial charge in [-0.1, -0.05) is 89.9 Å². The molecule has 2 amide bonds. The van der Waals surface area contributed by atoms with Crippen LogP contribution in [-0.4, -0.2) is 62.3 Å². The number of carboxylic acids is 2. The van der Waals surface area contributed by atoms with Gasteiger partial charge in [-0.25, -0.2) is 9.78 Å². The minimum atomic E-state index is -1.19. The minimum absolute atomic E-state index is 0.0568. The number of hydrogen-bond donors (Lipinski definition) is 5. The van der Waals surface area contributed by atoms with Crippen LogP contribution in [0.15, 0.2) is 12.5 Å². The van der Waals surface area contributed by atoms with Crippen molar-refractivity contribution in [1.29, 1.82) is 0 Å². The second-order valence-corrected chi connectivity index (χ2v) is 11.1. The van der Waals surface area contributed by atoms with Crippen molar-refractivity contribution in [2.45, 2.75) is 147 Å². The van der Waals surface area contributed by atoms with E-state index in [9.17, 15) is 29.1 Å². The highest BCUT2D eigenvalue weighted by Crippen LogP contribution is 2.14. The fourth-order valence-electron chi connectivity index (χ4n) is 4.88. The average Bonchev–Trinajstić information content (AvgIpc) is 3.47. The molecule has 1 rings (SSSR count). The predicted molar refractivity (Wildman–Crippen MR) is 160 cm³/mol. The smallest absolute Gasteiger partial charge is 0.326 e. The topological polar surface area (TPSA) is 179 Å². The Kier molecular flexibility index (Phi) is 21.3. The molecule has 1 aromatic heterocycles. The van der Waals surface area contributed by atoms with Gasteiger partial charge in [0.25, 0.3) is 0 Å². The third-order valence-electron chi connectivity index (χ3n) is 7.34. The summed E-state index contributed by atoms with van der Waals surface area (Å²) in [4.78, 5) is 64.4. The lowest BCUT2D eigenvalue weighted by atomic mass is 10.0. The van der Waals surface area contributed by atoms with Crippen molar-refractivity contribution in [2.75, 3.05) is 0 Å². The number of aliphatic carboxylic acids is 2. The molecule has 238 valence electrons. The zero-order valence-corrected chi connectivity index (χ0v) is 25.1. The molecule has 2 atom stereocenters. The number of carboxylic acid groups (broad SMARTS) is 2. The van der Waals surface area contributed by atoms with Crippen LogP contribution in [0, 0.1) is 0 Å². The molecule has 0 saturated carbocycles. The van der Waals surface area contributed by atoms with E-state index in [1.54, 1.807) is 6.20 Å². The van der Waals surface area contributed by atoms with Gasteiger partial charge in [0, 0.05) is 37.6 Å². The number of aromatic nitrogens is 2. The van der Waals surface area contributed by atoms with Gasteiger partial charge in [-0.05, 0) is 19.3 Å². The molecule has 11 heteroatoms. The Morgan fingerprint density at radius 1 is 0.714 bits per heavy atom. The van der Waals surface area contributed by atoms with Crippen molar-refractivity contribution in [3.05, 3.63) is 18.2 Å². The van der Waals surface area contributed by atoms with Gasteiger partial charge in [0.15, 0.2) is 0 Å². The lowest BCUT2D eigenvalue weighted by Gasteiger charge is -2.16. The van der Waals surface area contributed by atoms with E-state index in [-0.39, 0.29) is 38.0 Å². The lowest BCUT2D eigenvalue weighted by molar-refractivity contribution is -0.142. The summed E-state index contributed by atoms with van der Waals surface area (Å²) >= 11 is 0. The van der Waals surface area contributed by atoms with Gasteiger partial charge in [-0.2, -0.15) is 0 Å². The monoisotopic (exact) mass is 592 g/mol. The number of H-pyrrole nitrogens is 1. The minimum Gasteiger partial charge on any atom is -0.481 e. The van der Waals surface area contributed by atoms with E-state index in [1.807, 2.05) is 0 Å². The molecule has 0 unspecified atom stereocenters. The summed E-state index contributed by atoms with van der Waals surface area (Å²) in [6, 6.07) is -1.90. The second kappa shape index (κ2) is 24.4. The van der Waals surface area contributed by atoms with Gasteiger partial charge in [-0.3, -0.25) is 14.4 Å². The quantitative estimate of drug-likeness (QED) is 0.0659. The lowest BCUT2D eigenvalue weighted by Crippen LogP contribution is -2.43. The van der Waals surface area contributed by atoms with Gasteiger partial charge in [0.05, 0.1) is 12.4 Å². The first-order chi connectivity index (χ1) is 20.3. The number of nitrogens with zero attached hydrogens (tertiary/aromatic N) is 1. The first kappa shape index (κ1) is 36.8. The van der Waals surface area contributed by atoms with Gasteiger partial charge in [-0.15, -0.1) is 0 Å². The zero-order valence-electron chi connectivity index (χ0n) is 25.1. The number of aldehydes is 1. The molecule has 1 heterocycles. The number of carbonyl (C=O) groups excluding carboxylic acids is 3. The van der Waals surface area contributed by atoms with Crippen LogP contribution in [0.3, 0.4) is 0 Å². The van der Waals surface area contributed by atoms with Crippen molar-refractivity contribution in [3.8, 4) is 0 Å². The van der Waals surface area contributed by atoms with E-state index in [0.717, 1.165) is 38.5 Å². The number of unbranched alkanes of at least 4 members (excludes halogenated alkanes) is 15. The third-order valence-corrected chi connectivity index (χ3v) is 7.34. The Morgan fingerprint density at radius 2 is 1.19 bits per heavy atom. The summed E-state index contributed by atoms with van der Waals surface area (Å²) in [7, 11) is 0. The Bertz CT molecular complexity index is 892. The molecule has 42 heavy (non-hydrogen) atoms. The number of amides is 2. The van der Waals surface area contributed by atoms with Crippen LogP contribution in [0.4, 0.5) is 0 Å². The van der Waals surface area contributed by atoms with Crippen molar-refractivity contribution in [1.82, 2.24) is 20.6 Å². The normalized spacial score (nSPS) is 12.4. The summed E-state index contributed by atoms with van der Waals surface area (Å²) in [6.45, 7) is 0. The maximum atomic E-state index is 12.2. The molecule has 0 radical (unpaired) electrons. The molecule has 0 spiro atoms. The maximum Gasteiger partial charge on any atom is 0.326 e. The van der Waals surface area contributed by atoms with Crippen molar-refractivity contribution in [2.24, 2.45) is 0 Å². The molecule has 0 aliphatic heterocycles. The summed E-state index contributed by atoms with van der Waals surface area (Å²) in [5.74, 6) is -2.67. The summed E-state index contributed by atoms with van der Waals surface area (Å²) < 4.78 is 0. The van der Waals surface area contributed by atoms with Crippen LogP contribution in [0.2, 0.25) is 0 Å². The molecule has 0 bridgehead atoms. The van der Waals surface area contributed by atoms with Gasteiger partial charge in [0.1, 0.15) is 12.3 Å². The molecule has 11 nitrogen and oxygen atoms in total. The number of carbonyl (C=O) groups is 5. The van der Waals surface area contributed by atoms with Gasteiger partial charge >= 0.3 is 11.9 Å². The predicted octanol–water partition coefficient (Wildman–Crippen LogP) is 5.09. The Balaban J connectivity index is 1.99. The molecule has 5 N–H and O–H groups in total. The molecule has 0 fully saturated rings. The van der Waals surface area contributed by atoms with Crippen LogP contribution in [0.25, 0.3) is 0 Å². The number of rotatable bonds is 28. The van der Waals surface area contributed by atoms with Crippen LogP contribution in [0.1, 0.15) is 134 Å². The van der Waals surface area contributed by atoms with E-state index in [0.29, 0.717) is 18.4 Å². The zero-order chi connectivity index (χ0) is 30.8. The summed E-state index contributed by atoms with van der Waals surface area (Å²) in [5.41, 5.74) is 0.696. The first-order valence-corrected chi connectivity index (χ1v) is 15.8. The second-order valence-electron chi connectivity index (χ2n) is 11.1. The van der Waals surface area contributed by atoms with Crippen LogP contribution >= 0.6 is 0 Å². The van der Waals surface area contributed by atoms with E-state index >= 15 is 0 Å². The Hall–Kier alpha value is -3.24. The molecular weight excluding hydrogens is 540 g/mol. The van der Waals surface area contributed by atoms with E-state index in [1.165, 1.54) is 64.1 Å². The first-order valence-electron chi connectivity index (χ1n) is 15.8. The number of aromatic amines is 1. The molecule has 0 aliphatic carbocycles. The number of hydrogen-bond acceptors (Lipinski definition) is 6. The molecule has 0 saturated heterocycles.